The van der Waals surface area contributed by atoms with Crippen molar-refractivity contribution in [2.24, 2.45) is 11.8 Å². The topological polar surface area (TPSA) is 46.6 Å². The van der Waals surface area contributed by atoms with Crippen LogP contribution in [-0.4, -0.2) is 36.9 Å². The van der Waals surface area contributed by atoms with Crippen molar-refractivity contribution < 1.29 is 14.3 Å². The van der Waals surface area contributed by atoms with E-state index in [9.17, 15) is 9.59 Å². The number of ketones is 1. The number of benzene rings is 2. The van der Waals surface area contributed by atoms with E-state index in [4.69, 9.17) is 4.74 Å². The first-order chi connectivity index (χ1) is 12.7. The van der Waals surface area contributed by atoms with Crippen molar-refractivity contribution in [3.05, 3.63) is 77.9 Å². The van der Waals surface area contributed by atoms with Crippen LogP contribution in [0.15, 0.2) is 66.7 Å². The fourth-order valence-corrected chi connectivity index (χ4v) is 4.11. The summed E-state index contributed by atoms with van der Waals surface area (Å²) in [5.74, 6) is -0.0362. The molecule has 0 aromatic heterocycles. The van der Waals surface area contributed by atoms with Crippen molar-refractivity contribution in [2.45, 2.75) is 6.04 Å². The van der Waals surface area contributed by atoms with Crippen LogP contribution >= 0.6 is 0 Å². The average Bonchev–Trinajstić information content (AvgIpc) is 3.23. The Morgan fingerprint density at radius 1 is 1.04 bits per heavy atom. The minimum Gasteiger partial charge on any atom is -0.468 e. The molecule has 132 valence electrons. The zero-order valence-electron chi connectivity index (χ0n) is 14.7. The molecule has 1 heterocycles. The summed E-state index contributed by atoms with van der Waals surface area (Å²) in [4.78, 5) is 27.4. The van der Waals surface area contributed by atoms with E-state index >= 15 is 0 Å². The Morgan fingerprint density at radius 2 is 1.69 bits per heavy atom. The predicted molar refractivity (Wildman–Crippen MR) is 99.2 cm³/mol. The van der Waals surface area contributed by atoms with Crippen LogP contribution < -0.4 is 0 Å². The van der Waals surface area contributed by atoms with Crippen LogP contribution in [0.25, 0.3) is 5.57 Å². The molecular weight excluding hydrogens is 326 g/mol. The molecule has 3 atom stereocenters. The largest absolute Gasteiger partial charge is 0.468 e. The molecule has 1 fully saturated rings. The van der Waals surface area contributed by atoms with Crippen molar-refractivity contribution in [1.82, 2.24) is 4.90 Å². The Hall–Kier alpha value is -2.72. The molecule has 0 saturated carbocycles. The third-order valence-corrected chi connectivity index (χ3v) is 5.37. The first-order valence-electron chi connectivity index (χ1n) is 8.87. The molecule has 4 heteroatoms. The van der Waals surface area contributed by atoms with Crippen LogP contribution in [0.5, 0.6) is 0 Å². The van der Waals surface area contributed by atoms with Gasteiger partial charge >= 0.3 is 5.97 Å². The number of hydrogen-bond donors (Lipinski definition) is 0. The molecule has 0 bridgehead atoms. The minimum absolute atomic E-state index is 0.0823. The Labute approximate surface area is 153 Å². The number of methoxy groups -OCH3 is 1. The maximum Gasteiger partial charge on any atom is 0.327 e. The van der Waals surface area contributed by atoms with Gasteiger partial charge in [-0.2, -0.15) is 0 Å². The molecule has 4 nitrogen and oxygen atoms in total. The predicted octanol–water partition coefficient (Wildman–Crippen LogP) is 3.12. The van der Waals surface area contributed by atoms with Crippen LogP contribution in [-0.2, 0) is 14.3 Å². The van der Waals surface area contributed by atoms with E-state index in [1.807, 2.05) is 60.7 Å². The van der Waals surface area contributed by atoms with Gasteiger partial charge in [0, 0.05) is 30.5 Å². The van der Waals surface area contributed by atoms with Gasteiger partial charge < -0.3 is 4.74 Å². The number of likely N-dealkylation sites (tertiary alicyclic amines) is 1. The van der Waals surface area contributed by atoms with E-state index in [1.165, 1.54) is 7.11 Å². The second-order valence-corrected chi connectivity index (χ2v) is 6.87. The van der Waals surface area contributed by atoms with Crippen molar-refractivity contribution in [3.8, 4) is 0 Å². The molecule has 1 saturated heterocycles. The highest BCUT2D eigenvalue weighted by atomic mass is 16.5. The molecule has 26 heavy (non-hydrogen) atoms. The standard InChI is InChI=1S/C22H21NO3/c1-26-22(25)20(16-10-6-3-7-11-16)23-13-17-12-18(21(24)19(17)14-23)15-8-4-2-5-9-15/h2-12,17,19-20H,13-14H2,1H3/t17-,19+,20+/m0/s1. The monoisotopic (exact) mass is 347 g/mol. The van der Waals surface area contributed by atoms with Gasteiger partial charge in [0.15, 0.2) is 5.78 Å². The number of esters is 1. The maximum atomic E-state index is 12.9. The lowest BCUT2D eigenvalue weighted by atomic mass is 9.97. The Balaban J connectivity index is 1.60. The number of ether oxygens (including phenoxy) is 1. The van der Waals surface area contributed by atoms with Crippen LogP contribution in [0.1, 0.15) is 17.2 Å². The lowest BCUT2D eigenvalue weighted by molar-refractivity contribution is -0.147. The number of carbonyl (C=O) groups excluding carboxylic acids is 2. The van der Waals surface area contributed by atoms with Gasteiger partial charge in [-0.15, -0.1) is 0 Å². The number of carbonyl (C=O) groups is 2. The number of Topliss-reactive ketones (excluding diaryl/α,β-unsaturated/α-hetero) is 1. The molecular formula is C22H21NO3. The molecule has 2 aromatic carbocycles. The highest BCUT2D eigenvalue weighted by Gasteiger charge is 2.46. The highest BCUT2D eigenvalue weighted by Crippen LogP contribution is 2.41. The molecule has 0 amide bonds. The Bertz CT molecular complexity index is 844. The zero-order valence-corrected chi connectivity index (χ0v) is 14.7. The van der Waals surface area contributed by atoms with E-state index in [1.54, 1.807) is 0 Å². The van der Waals surface area contributed by atoms with E-state index in [0.717, 1.165) is 16.7 Å². The fraction of sp³-hybridized carbons (Fsp3) is 0.273. The van der Waals surface area contributed by atoms with E-state index in [2.05, 4.69) is 11.0 Å². The lowest BCUT2D eigenvalue weighted by Gasteiger charge is -2.26. The van der Waals surface area contributed by atoms with Crippen molar-refractivity contribution in [1.29, 1.82) is 0 Å². The van der Waals surface area contributed by atoms with Gasteiger partial charge in [0.1, 0.15) is 6.04 Å². The summed E-state index contributed by atoms with van der Waals surface area (Å²) >= 11 is 0. The average molecular weight is 347 g/mol. The molecule has 0 N–H and O–H groups in total. The molecule has 0 spiro atoms. The summed E-state index contributed by atoms with van der Waals surface area (Å²) in [5, 5.41) is 0. The first kappa shape index (κ1) is 16.7. The summed E-state index contributed by atoms with van der Waals surface area (Å²) in [6.07, 6.45) is 2.08. The van der Waals surface area contributed by atoms with Gasteiger partial charge in [-0.3, -0.25) is 9.69 Å². The van der Waals surface area contributed by atoms with Crippen LogP contribution in [0.3, 0.4) is 0 Å². The summed E-state index contributed by atoms with van der Waals surface area (Å²) < 4.78 is 5.04. The summed E-state index contributed by atoms with van der Waals surface area (Å²) in [6.45, 7) is 1.26. The van der Waals surface area contributed by atoms with Crippen molar-refractivity contribution >= 4 is 17.3 Å². The van der Waals surface area contributed by atoms with E-state index < -0.39 is 6.04 Å². The minimum atomic E-state index is -0.465. The molecule has 4 rings (SSSR count). The van der Waals surface area contributed by atoms with Gasteiger partial charge in [-0.25, -0.2) is 4.79 Å². The summed E-state index contributed by atoms with van der Waals surface area (Å²) in [7, 11) is 1.41. The quantitative estimate of drug-likeness (QED) is 0.798. The molecule has 2 aliphatic rings. The van der Waals surface area contributed by atoms with Gasteiger partial charge in [0.25, 0.3) is 0 Å². The number of rotatable bonds is 4. The Morgan fingerprint density at radius 3 is 2.31 bits per heavy atom. The maximum absolute atomic E-state index is 12.9. The molecule has 1 aliphatic carbocycles. The van der Waals surface area contributed by atoms with Gasteiger partial charge in [-0.05, 0) is 11.1 Å². The lowest BCUT2D eigenvalue weighted by Crippen LogP contribution is -2.34. The van der Waals surface area contributed by atoms with Crippen LogP contribution in [0.4, 0.5) is 0 Å². The second kappa shape index (κ2) is 6.89. The number of fused-ring (bicyclic) bond motifs is 1. The Kier molecular flexibility index (Phi) is 4.43. The first-order valence-corrected chi connectivity index (χ1v) is 8.87. The summed E-state index contributed by atoms with van der Waals surface area (Å²) in [5.41, 5.74) is 2.69. The third-order valence-electron chi connectivity index (χ3n) is 5.37. The molecule has 1 aliphatic heterocycles. The van der Waals surface area contributed by atoms with Gasteiger partial charge in [0.2, 0.25) is 0 Å². The normalized spacial score (nSPS) is 23.4. The molecule has 0 radical (unpaired) electrons. The zero-order chi connectivity index (χ0) is 18.1. The highest BCUT2D eigenvalue weighted by molar-refractivity contribution is 6.24. The number of hydrogen-bond acceptors (Lipinski definition) is 4. The van der Waals surface area contributed by atoms with E-state index in [-0.39, 0.29) is 23.6 Å². The summed E-state index contributed by atoms with van der Waals surface area (Å²) in [6, 6.07) is 19.0. The van der Waals surface area contributed by atoms with Crippen LogP contribution in [0, 0.1) is 11.8 Å². The van der Waals surface area contributed by atoms with Crippen molar-refractivity contribution in [3.63, 3.8) is 0 Å². The van der Waals surface area contributed by atoms with Gasteiger partial charge in [-0.1, -0.05) is 66.7 Å². The van der Waals surface area contributed by atoms with Gasteiger partial charge in [0.05, 0.1) is 7.11 Å². The number of allylic oxidation sites excluding steroid dienone is 1. The smallest absolute Gasteiger partial charge is 0.327 e. The van der Waals surface area contributed by atoms with E-state index in [0.29, 0.717) is 13.1 Å². The van der Waals surface area contributed by atoms with Crippen LogP contribution in [0.2, 0.25) is 0 Å². The fourth-order valence-electron chi connectivity index (χ4n) is 4.11. The molecule has 0 unspecified atom stereocenters. The SMILES string of the molecule is COC(=O)[C@@H](c1ccccc1)N1C[C@@H]2C=C(c3ccccc3)C(=O)[C@@H]2C1. The third kappa shape index (κ3) is 2.86. The van der Waals surface area contributed by atoms with Crippen molar-refractivity contribution in [2.75, 3.05) is 20.2 Å². The number of nitrogens with zero attached hydrogens (tertiary/aromatic N) is 1. The second-order valence-electron chi connectivity index (χ2n) is 6.87. The molecule has 2 aromatic rings.